The van der Waals surface area contributed by atoms with Crippen LogP contribution in [0.4, 0.5) is 5.69 Å². The van der Waals surface area contributed by atoms with Gasteiger partial charge in [-0.05, 0) is 49.3 Å². The minimum absolute atomic E-state index is 0.834. The number of aryl methyl sites for hydroxylation is 1. The van der Waals surface area contributed by atoms with E-state index >= 15 is 0 Å². The molecule has 1 nitrogen and oxygen atoms in total. The Hall–Kier alpha value is -0.980. The fraction of sp³-hybridized carbons (Fsp3) is 0.727. The van der Waals surface area contributed by atoms with Crippen LogP contribution in [-0.4, -0.2) is 13.1 Å². The van der Waals surface area contributed by atoms with Crippen molar-refractivity contribution in [3.63, 3.8) is 0 Å². The van der Waals surface area contributed by atoms with E-state index in [1.165, 1.54) is 49.9 Å². The lowest BCUT2D eigenvalue weighted by molar-refractivity contribution is 0.428. The zero-order chi connectivity index (χ0) is 17.7. The van der Waals surface area contributed by atoms with E-state index in [4.69, 9.17) is 0 Å². The van der Waals surface area contributed by atoms with Crippen molar-refractivity contribution in [3.05, 3.63) is 29.8 Å². The molecule has 0 aromatic heterocycles. The molecule has 0 aliphatic rings. The van der Waals surface area contributed by atoms with Gasteiger partial charge in [-0.25, -0.2) is 0 Å². The zero-order valence-corrected chi connectivity index (χ0v) is 16.9. The lowest BCUT2D eigenvalue weighted by Gasteiger charge is -2.25. The molecule has 0 N–H and O–H groups in total. The molecule has 0 fully saturated rings. The molecule has 0 heterocycles. The van der Waals surface area contributed by atoms with Crippen LogP contribution in [0.3, 0.4) is 0 Å². The molecule has 0 aliphatic heterocycles. The molecule has 1 aromatic rings. The Morgan fingerprint density at radius 2 is 1.48 bits per heavy atom. The normalized spacial score (nSPS) is 11.8. The molecule has 1 unspecified atom stereocenters. The highest BCUT2D eigenvalue weighted by molar-refractivity contribution is 5.47. The summed E-state index contributed by atoms with van der Waals surface area (Å²) in [5.74, 6) is 1.67. The van der Waals surface area contributed by atoms with Gasteiger partial charge in [-0.2, -0.15) is 0 Å². The zero-order valence-electron chi connectivity index (χ0n) is 16.9. The Labute approximate surface area is 146 Å². The van der Waals surface area contributed by atoms with Crippen molar-refractivity contribution in [1.82, 2.24) is 0 Å². The Bertz CT molecular complexity index is 366. The van der Waals surface area contributed by atoms with Gasteiger partial charge in [0.15, 0.2) is 0 Å². The van der Waals surface area contributed by atoms with E-state index in [0.717, 1.165) is 18.4 Å². The van der Waals surface area contributed by atoms with Gasteiger partial charge in [-0.1, -0.05) is 72.9 Å². The highest BCUT2D eigenvalue weighted by Gasteiger charge is 2.08. The van der Waals surface area contributed by atoms with E-state index in [0.29, 0.717) is 0 Å². The average molecular weight is 320 g/mol. The first-order chi connectivity index (χ1) is 11.1. The molecule has 23 heavy (non-hydrogen) atoms. The van der Waals surface area contributed by atoms with Gasteiger partial charge in [0, 0.05) is 18.8 Å². The van der Waals surface area contributed by atoms with E-state index in [1.54, 1.807) is 0 Å². The fourth-order valence-electron chi connectivity index (χ4n) is 2.77. The van der Waals surface area contributed by atoms with E-state index in [9.17, 15) is 0 Å². The van der Waals surface area contributed by atoms with Crippen molar-refractivity contribution in [2.24, 2.45) is 11.8 Å². The summed E-state index contributed by atoms with van der Waals surface area (Å²) in [4.78, 5) is 2.52. The third-order valence-electron chi connectivity index (χ3n) is 4.35. The number of hydrogen-bond acceptors (Lipinski definition) is 1. The number of benzene rings is 1. The highest BCUT2D eigenvalue weighted by Crippen LogP contribution is 2.20. The van der Waals surface area contributed by atoms with Crippen LogP contribution in [0.15, 0.2) is 24.3 Å². The minimum atomic E-state index is 0.834. The van der Waals surface area contributed by atoms with E-state index in [1.807, 2.05) is 13.8 Å². The van der Waals surface area contributed by atoms with Crippen molar-refractivity contribution in [1.29, 1.82) is 0 Å². The van der Waals surface area contributed by atoms with Gasteiger partial charge >= 0.3 is 0 Å². The monoisotopic (exact) mass is 319 g/mol. The quantitative estimate of drug-likeness (QED) is 0.451. The van der Waals surface area contributed by atoms with Gasteiger partial charge in [-0.3, -0.25) is 0 Å². The summed E-state index contributed by atoms with van der Waals surface area (Å²) in [6.45, 7) is 17.8. The summed E-state index contributed by atoms with van der Waals surface area (Å²) < 4.78 is 0. The number of rotatable bonds is 10. The fourth-order valence-corrected chi connectivity index (χ4v) is 2.77. The van der Waals surface area contributed by atoms with Gasteiger partial charge in [0.1, 0.15) is 0 Å². The molecule has 0 saturated heterocycles. The summed E-state index contributed by atoms with van der Waals surface area (Å²) in [6.07, 6.45) is 6.45. The number of hydrogen-bond donors (Lipinski definition) is 0. The minimum Gasteiger partial charge on any atom is -0.372 e. The molecular formula is C22H41N. The first kappa shape index (κ1) is 22.0. The third-order valence-corrected chi connectivity index (χ3v) is 4.35. The Morgan fingerprint density at radius 1 is 0.870 bits per heavy atom. The average Bonchev–Trinajstić information content (AvgIpc) is 2.57. The molecule has 1 heteroatoms. The molecule has 1 aromatic carbocycles. The topological polar surface area (TPSA) is 3.24 Å². The maximum Gasteiger partial charge on any atom is 0.0366 e. The second kappa shape index (κ2) is 13.5. The third kappa shape index (κ3) is 9.69. The van der Waals surface area contributed by atoms with Crippen LogP contribution in [0, 0.1) is 11.8 Å². The second-order valence-electron chi connectivity index (χ2n) is 6.86. The van der Waals surface area contributed by atoms with E-state index in [2.05, 4.69) is 63.8 Å². The molecule has 0 spiro atoms. The van der Waals surface area contributed by atoms with Crippen molar-refractivity contribution in [3.8, 4) is 0 Å². The van der Waals surface area contributed by atoms with Crippen molar-refractivity contribution >= 4 is 5.69 Å². The summed E-state index contributed by atoms with van der Waals surface area (Å²) in [5, 5.41) is 0. The molecule has 0 aliphatic carbocycles. The summed E-state index contributed by atoms with van der Waals surface area (Å²) in [7, 11) is 0. The largest absolute Gasteiger partial charge is 0.372 e. The number of nitrogens with zero attached hydrogens (tertiary/aromatic N) is 1. The predicted molar refractivity (Wildman–Crippen MR) is 108 cm³/mol. The molecule has 0 bridgehead atoms. The SMILES string of the molecule is CC.CCCc1ccc(N(CC)CCC(C)CCC(C)C)cc1. The molecule has 0 radical (unpaired) electrons. The van der Waals surface area contributed by atoms with Crippen molar-refractivity contribution in [2.75, 3.05) is 18.0 Å². The maximum atomic E-state index is 2.52. The lowest BCUT2D eigenvalue weighted by atomic mass is 9.96. The molecule has 0 amide bonds. The van der Waals surface area contributed by atoms with Crippen molar-refractivity contribution in [2.45, 2.75) is 80.6 Å². The highest BCUT2D eigenvalue weighted by atomic mass is 15.1. The van der Waals surface area contributed by atoms with Crippen LogP contribution in [-0.2, 0) is 6.42 Å². The molecular weight excluding hydrogens is 278 g/mol. The number of anilines is 1. The van der Waals surface area contributed by atoms with Gasteiger partial charge < -0.3 is 4.90 Å². The van der Waals surface area contributed by atoms with Crippen LogP contribution in [0.1, 0.15) is 79.7 Å². The van der Waals surface area contributed by atoms with Gasteiger partial charge in [0.25, 0.3) is 0 Å². The van der Waals surface area contributed by atoms with E-state index < -0.39 is 0 Å². The summed E-state index contributed by atoms with van der Waals surface area (Å²) in [6, 6.07) is 9.19. The van der Waals surface area contributed by atoms with Crippen LogP contribution >= 0.6 is 0 Å². The van der Waals surface area contributed by atoms with Crippen LogP contribution < -0.4 is 4.90 Å². The van der Waals surface area contributed by atoms with Gasteiger partial charge in [0.05, 0.1) is 0 Å². The molecule has 134 valence electrons. The Morgan fingerprint density at radius 3 is 1.96 bits per heavy atom. The molecule has 1 rings (SSSR count). The van der Waals surface area contributed by atoms with Crippen LogP contribution in [0.25, 0.3) is 0 Å². The maximum absolute atomic E-state index is 2.52. The predicted octanol–water partition coefficient (Wildman–Crippen LogP) is 6.95. The summed E-state index contributed by atoms with van der Waals surface area (Å²) >= 11 is 0. The van der Waals surface area contributed by atoms with Gasteiger partial charge in [0.2, 0.25) is 0 Å². The molecule has 1 atom stereocenters. The van der Waals surface area contributed by atoms with Crippen molar-refractivity contribution < 1.29 is 0 Å². The van der Waals surface area contributed by atoms with Gasteiger partial charge in [-0.15, -0.1) is 0 Å². The summed E-state index contributed by atoms with van der Waals surface area (Å²) in [5.41, 5.74) is 2.84. The first-order valence-electron chi connectivity index (χ1n) is 9.90. The standard InChI is InChI=1S/C20H35N.C2H6/c1-6-8-19-11-13-20(14-12-19)21(7-2)16-15-18(5)10-9-17(3)4;1-2/h11-14,17-18H,6-10,15-16H2,1-5H3;1-2H3. The van der Waals surface area contributed by atoms with Crippen LogP contribution in [0.5, 0.6) is 0 Å². The molecule has 0 saturated carbocycles. The Kier molecular flexibility index (Phi) is 12.9. The smallest absolute Gasteiger partial charge is 0.0366 e. The van der Waals surface area contributed by atoms with E-state index in [-0.39, 0.29) is 0 Å². The first-order valence-corrected chi connectivity index (χ1v) is 9.90. The second-order valence-corrected chi connectivity index (χ2v) is 6.86. The lowest BCUT2D eigenvalue weighted by Crippen LogP contribution is -2.25. The Balaban J connectivity index is 0.00000232. The van der Waals surface area contributed by atoms with Crippen LogP contribution in [0.2, 0.25) is 0 Å².